The van der Waals surface area contributed by atoms with E-state index in [9.17, 15) is 18.0 Å². The number of alkyl halides is 3. The molecule has 9 heteroatoms. The second-order valence-electron chi connectivity index (χ2n) is 7.80. The van der Waals surface area contributed by atoms with E-state index in [4.69, 9.17) is 0 Å². The number of fused-ring (bicyclic) bond motifs is 1. The van der Waals surface area contributed by atoms with Crippen molar-refractivity contribution in [2.45, 2.75) is 45.6 Å². The molecular formula is C21H22F3N5O. The predicted octanol–water partition coefficient (Wildman–Crippen LogP) is 3.79. The highest BCUT2D eigenvalue weighted by atomic mass is 19.4. The van der Waals surface area contributed by atoms with Crippen molar-refractivity contribution >= 4 is 0 Å². The lowest BCUT2D eigenvalue weighted by Crippen LogP contribution is -2.35. The third-order valence-electron chi connectivity index (χ3n) is 5.22. The fourth-order valence-corrected chi connectivity index (χ4v) is 3.57. The maximum absolute atomic E-state index is 12.8. The van der Waals surface area contributed by atoms with E-state index in [1.54, 1.807) is 0 Å². The number of hydrogen-bond acceptors (Lipinski definition) is 4. The van der Waals surface area contributed by atoms with Crippen LogP contribution in [0.5, 0.6) is 0 Å². The molecular weight excluding hydrogens is 395 g/mol. The van der Waals surface area contributed by atoms with Gasteiger partial charge in [-0.2, -0.15) is 18.3 Å². The summed E-state index contributed by atoms with van der Waals surface area (Å²) in [5.74, 6) is 0.291. The van der Waals surface area contributed by atoms with Crippen molar-refractivity contribution < 1.29 is 13.2 Å². The van der Waals surface area contributed by atoms with Crippen molar-refractivity contribution in [2.24, 2.45) is 0 Å². The predicted molar refractivity (Wildman–Crippen MR) is 106 cm³/mol. The number of aromatic nitrogens is 4. The standard InChI is InChI=1S/C21H22F3N5O/c1-13(2)29-11-14(9-25-29)10-28-8-7-18-17(12-28)20(30)27-19(26-18)15-3-5-16(6-4-15)21(22,23)24/h3-6,9,11,13H,7-8,10,12H2,1-2H3,(H,26,27,30). The molecule has 0 unspecified atom stereocenters. The number of hydrogen-bond donors (Lipinski definition) is 1. The molecule has 0 radical (unpaired) electrons. The van der Waals surface area contributed by atoms with Gasteiger partial charge in [-0.05, 0) is 26.0 Å². The number of H-pyrrole nitrogens is 1. The van der Waals surface area contributed by atoms with Gasteiger partial charge in [-0.1, -0.05) is 12.1 Å². The third kappa shape index (κ3) is 4.16. The number of aromatic amines is 1. The SMILES string of the molecule is CC(C)n1cc(CN2CCc3nc(-c4ccc(C(F)(F)F)cc4)[nH]c(=O)c3C2)cn1. The molecule has 0 amide bonds. The van der Waals surface area contributed by atoms with Crippen molar-refractivity contribution in [1.82, 2.24) is 24.6 Å². The molecule has 1 aromatic carbocycles. The molecule has 0 atom stereocenters. The summed E-state index contributed by atoms with van der Waals surface area (Å²) in [5.41, 5.74) is 1.85. The molecule has 158 valence electrons. The van der Waals surface area contributed by atoms with Crippen LogP contribution in [-0.2, 0) is 25.7 Å². The van der Waals surface area contributed by atoms with Crippen molar-refractivity contribution in [3.63, 3.8) is 0 Å². The summed E-state index contributed by atoms with van der Waals surface area (Å²) < 4.78 is 40.2. The zero-order chi connectivity index (χ0) is 21.5. The Kier molecular flexibility index (Phi) is 5.23. The second-order valence-corrected chi connectivity index (χ2v) is 7.80. The lowest BCUT2D eigenvalue weighted by atomic mass is 10.1. The van der Waals surface area contributed by atoms with Gasteiger partial charge in [-0.25, -0.2) is 4.98 Å². The number of rotatable bonds is 4. The molecule has 0 saturated heterocycles. The largest absolute Gasteiger partial charge is 0.416 e. The highest BCUT2D eigenvalue weighted by molar-refractivity contribution is 5.56. The van der Waals surface area contributed by atoms with Gasteiger partial charge in [-0.3, -0.25) is 14.4 Å². The molecule has 30 heavy (non-hydrogen) atoms. The average Bonchev–Trinajstić information content (AvgIpc) is 3.16. The smallest absolute Gasteiger partial charge is 0.306 e. The molecule has 0 saturated carbocycles. The van der Waals surface area contributed by atoms with E-state index in [1.165, 1.54) is 12.1 Å². The van der Waals surface area contributed by atoms with Gasteiger partial charge in [0.15, 0.2) is 0 Å². The zero-order valence-electron chi connectivity index (χ0n) is 16.7. The van der Waals surface area contributed by atoms with E-state index in [0.29, 0.717) is 42.2 Å². The van der Waals surface area contributed by atoms with Crippen LogP contribution in [0.4, 0.5) is 13.2 Å². The molecule has 1 aliphatic rings. The summed E-state index contributed by atoms with van der Waals surface area (Å²) in [6.45, 7) is 6.02. The molecule has 4 rings (SSSR count). The van der Waals surface area contributed by atoms with Crippen LogP contribution < -0.4 is 5.56 Å². The van der Waals surface area contributed by atoms with Crippen LogP contribution in [0.3, 0.4) is 0 Å². The number of nitrogens with one attached hydrogen (secondary N) is 1. The van der Waals surface area contributed by atoms with Crippen LogP contribution in [0.25, 0.3) is 11.4 Å². The fourth-order valence-electron chi connectivity index (χ4n) is 3.57. The quantitative estimate of drug-likeness (QED) is 0.702. The summed E-state index contributed by atoms with van der Waals surface area (Å²) in [6.07, 6.45) is 0.0532. The molecule has 3 heterocycles. The topological polar surface area (TPSA) is 66.8 Å². The summed E-state index contributed by atoms with van der Waals surface area (Å²) in [4.78, 5) is 22.1. The molecule has 0 fully saturated rings. The van der Waals surface area contributed by atoms with E-state index >= 15 is 0 Å². The van der Waals surface area contributed by atoms with E-state index in [1.807, 2.05) is 17.1 Å². The monoisotopic (exact) mass is 417 g/mol. The Hall–Kier alpha value is -2.94. The van der Waals surface area contributed by atoms with Crippen molar-refractivity contribution in [1.29, 1.82) is 0 Å². The second kappa shape index (κ2) is 7.71. The van der Waals surface area contributed by atoms with Crippen molar-refractivity contribution in [3.8, 4) is 11.4 Å². The highest BCUT2D eigenvalue weighted by Crippen LogP contribution is 2.30. The molecule has 2 aromatic heterocycles. The van der Waals surface area contributed by atoms with Gasteiger partial charge < -0.3 is 4.98 Å². The Bertz CT molecular complexity index is 1100. The Morgan fingerprint density at radius 2 is 1.93 bits per heavy atom. The maximum Gasteiger partial charge on any atom is 0.416 e. The zero-order valence-corrected chi connectivity index (χ0v) is 16.7. The number of nitrogens with zero attached hydrogens (tertiary/aromatic N) is 4. The lowest BCUT2D eigenvalue weighted by molar-refractivity contribution is -0.137. The van der Waals surface area contributed by atoms with Crippen LogP contribution in [0.2, 0.25) is 0 Å². The Labute approximate surface area is 171 Å². The minimum Gasteiger partial charge on any atom is -0.306 e. The van der Waals surface area contributed by atoms with E-state index in [2.05, 4.69) is 33.8 Å². The van der Waals surface area contributed by atoms with E-state index in [0.717, 1.165) is 24.2 Å². The molecule has 3 aromatic rings. The van der Waals surface area contributed by atoms with Crippen molar-refractivity contribution in [2.75, 3.05) is 6.54 Å². The third-order valence-corrected chi connectivity index (χ3v) is 5.22. The first-order valence-corrected chi connectivity index (χ1v) is 9.76. The van der Waals surface area contributed by atoms with Crippen molar-refractivity contribution in [3.05, 3.63) is 69.4 Å². The summed E-state index contributed by atoms with van der Waals surface area (Å²) >= 11 is 0. The van der Waals surface area contributed by atoms with Gasteiger partial charge in [0.2, 0.25) is 0 Å². The van der Waals surface area contributed by atoms with Crippen LogP contribution in [-0.4, -0.2) is 31.2 Å². The van der Waals surface area contributed by atoms with Gasteiger partial charge >= 0.3 is 6.18 Å². The number of halogens is 3. The molecule has 0 bridgehead atoms. The summed E-state index contributed by atoms with van der Waals surface area (Å²) in [5, 5.41) is 4.35. The highest BCUT2D eigenvalue weighted by Gasteiger charge is 2.30. The van der Waals surface area contributed by atoms with Gasteiger partial charge in [0, 0.05) is 49.4 Å². The van der Waals surface area contributed by atoms with Crippen LogP contribution in [0.1, 0.15) is 42.3 Å². The van der Waals surface area contributed by atoms with E-state index < -0.39 is 11.7 Å². The minimum atomic E-state index is -4.40. The molecule has 6 nitrogen and oxygen atoms in total. The normalized spacial score (nSPS) is 14.9. The van der Waals surface area contributed by atoms with Crippen LogP contribution in [0, 0.1) is 0 Å². The molecule has 1 N–H and O–H groups in total. The first-order valence-electron chi connectivity index (χ1n) is 9.76. The van der Waals surface area contributed by atoms with Gasteiger partial charge in [0.05, 0.1) is 23.0 Å². The van der Waals surface area contributed by atoms with Gasteiger partial charge in [-0.15, -0.1) is 0 Å². The summed E-state index contributed by atoms with van der Waals surface area (Å²) in [6, 6.07) is 4.93. The first-order chi connectivity index (χ1) is 14.2. The Morgan fingerprint density at radius 1 is 1.20 bits per heavy atom. The van der Waals surface area contributed by atoms with Crippen LogP contribution in [0.15, 0.2) is 41.5 Å². The lowest BCUT2D eigenvalue weighted by Gasteiger charge is -2.27. The molecule has 1 aliphatic heterocycles. The average molecular weight is 417 g/mol. The van der Waals surface area contributed by atoms with Gasteiger partial charge in [0.25, 0.3) is 5.56 Å². The first kappa shape index (κ1) is 20.3. The summed E-state index contributed by atoms with van der Waals surface area (Å²) in [7, 11) is 0. The Balaban J connectivity index is 1.53. The Morgan fingerprint density at radius 3 is 2.57 bits per heavy atom. The number of benzene rings is 1. The van der Waals surface area contributed by atoms with E-state index in [-0.39, 0.29) is 11.6 Å². The molecule has 0 spiro atoms. The fraction of sp³-hybridized carbons (Fsp3) is 0.381. The molecule has 0 aliphatic carbocycles. The van der Waals surface area contributed by atoms with Gasteiger partial charge in [0.1, 0.15) is 5.82 Å². The minimum absolute atomic E-state index is 0.252. The van der Waals surface area contributed by atoms with Crippen LogP contribution >= 0.6 is 0 Å². The maximum atomic E-state index is 12.8.